The first kappa shape index (κ1) is 31.2. The molecule has 1 aromatic carbocycles. The minimum Gasteiger partial charge on any atom is -0.372 e. The molecule has 3 aliphatic heterocycles. The van der Waals surface area contributed by atoms with E-state index in [1.165, 1.54) is 18.0 Å². The molecule has 226 valence electrons. The number of piperidine rings is 1. The van der Waals surface area contributed by atoms with E-state index in [1.807, 2.05) is 17.9 Å². The van der Waals surface area contributed by atoms with Crippen LogP contribution >= 0.6 is 0 Å². The number of aldehydes is 2. The highest BCUT2D eigenvalue weighted by molar-refractivity contribution is 6.00. The third kappa shape index (κ3) is 7.34. The number of fused-ring (bicyclic) bond motifs is 1. The molecule has 0 radical (unpaired) electrons. The smallest absolute Gasteiger partial charge is 0.255 e. The van der Waals surface area contributed by atoms with Crippen molar-refractivity contribution in [3.63, 3.8) is 0 Å². The second-order valence-electron chi connectivity index (χ2n) is 11.3. The van der Waals surface area contributed by atoms with Gasteiger partial charge in [-0.05, 0) is 55.9 Å². The van der Waals surface area contributed by atoms with Crippen LogP contribution in [0, 0.1) is 11.7 Å². The van der Waals surface area contributed by atoms with Crippen molar-refractivity contribution in [3.05, 3.63) is 65.2 Å². The van der Waals surface area contributed by atoms with Gasteiger partial charge in [0.25, 0.3) is 5.91 Å². The molecule has 1 N–H and O–H groups in total. The Morgan fingerprint density at radius 3 is 2.45 bits per heavy atom. The summed E-state index contributed by atoms with van der Waals surface area (Å²) in [5.74, 6) is -0.406. The van der Waals surface area contributed by atoms with Gasteiger partial charge in [-0.25, -0.2) is 4.39 Å². The molecule has 0 aliphatic carbocycles. The van der Waals surface area contributed by atoms with Crippen molar-refractivity contribution >= 4 is 30.1 Å². The van der Waals surface area contributed by atoms with E-state index >= 15 is 4.39 Å². The van der Waals surface area contributed by atoms with E-state index in [0.29, 0.717) is 42.1 Å². The van der Waals surface area contributed by atoms with Gasteiger partial charge in [0.15, 0.2) is 0 Å². The molecule has 1 atom stereocenters. The van der Waals surface area contributed by atoms with E-state index in [4.69, 9.17) is 0 Å². The zero-order valence-electron chi connectivity index (χ0n) is 24.7. The molecule has 2 saturated heterocycles. The molecule has 3 heterocycles. The number of carbonyl (C=O) groups is 4. The number of carbonyl (C=O) groups excluding carboxylic acids is 4. The number of likely N-dealkylation sites (tertiary alicyclic amines) is 1. The fourth-order valence-electron chi connectivity index (χ4n) is 6.00. The molecular weight excluding hydrogens is 537 g/mol. The zero-order valence-corrected chi connectivity index (χ0v) is 24.7. The summed E-state index contributed by atoms with van der Waals surface area (Å²) in [6.45, 7) is 12.2. The average Bonchev–Trinajstić information content (AvgIpc) is 3.32. The van der Waals surface area contributed by atoms with Crippen molar-refractivity contribution in [3.8, 4) is 0 Å². The number of halogens is 1. The lowest BCUT2D eigenvalue weighted by atomic mass is 9.95. The van der Waals surface area contributed by atoms with Crippen LogP contribution < -0.4 is 10.2 Å². The van der Waals surface area contributed by atoms with Crippen LogP contribution in [0.4, 0.5) is 10.1 Å². The van der Waals surface area contributed by atoms with Gasteiger partial charge in [0.1, 0.15) is 18.4 Å². The van der Waals surface area contributed by atoms with Gasteiger partial charge in [0, 0.05) is 82.7 Å². The number of nitrogens with zero attached hydrogens (tertiary/aromatic N) is 4. The van der Waals surface area contributed by atoms with Crippen LogP contribution in [0.15, 0.2) is 48.2 Å². The quantitative estimate of drug-likeness (QED) is 0.231. The first-order chi connectivity index (χ1) is 20.3. The molecule has 3 aliphatic rings. The number of anilines is 1. The fourth-order valence-corrected chi connectivity index (χ4v) is 6.00. The van der Waals surface area contributed by atoms with Gasteiger partial charge in [0.2, 0.25) is 5.91 Å². The summed E-state index contributed by atoms with van der Waals surface area (Å²) in [4.78, 5) is 55.5. The summed E-state index contributed by atoms with van der Waals surface area (Å²) in [7, 11) is 1.53. The number of rotatable bonds is 12. The van der Waals surface area contributed by atoms with Crippen LogP contribution in [-0.2, 0) is 20.9 Å². The monoisotopic (exact) mass is 579 g/mol. The van der Waals surface area contributed by atoms with Crippen LogP contribution in [0.2, 0.25) is 0 Å². The van der Waals surface area contributed by atoms with E-state index in [1.54, 1.807) is 18.2 Å². The molecule has 9 nitrogen and oxygen atoms in total. The van der Waals surface area contributed by atoms with E-state index in [9.17, 15) is 19.2 Å². The molecule has 2 amide bonds. The van der Waals surface area contributed by atoms with Crippen molar-refractivity contribution in [1.29, 1.82) is 0 Å². The summed E-state index contributed by atoms with van der Waals surface area (Å²) in [6.07, 6.45) is 9.53. The number of benzene rings is 1. The van der Waals surface area contributed by atoms with E-state index < -0.39 is 11.9 Å². The average molecular weight is 580 g/mol. The van der Waals surface area contributed by atoms with Crippen molar-refractivity contribution in [2.24, 2.45) is 5.92 Å². The Morgan fingerprint density at radius 1 is 1.12 bits per heavy atom. The normalized spacial score (nSPS) is 19.3. The minimum atomic E-state index is -0.729. The Labute approximate surface area is 247 Å². The molecule has 0 saturated carbocycles. The molecule has 0 aromatic heterocycles. The summed E-state index contributed by atoms with van der Waals surface area (Å²) in [6, 6.07) is 2.33. The fraction of sp³-hybridized carbons (Fsp3) is 0.500. The number of hydrogen-bond donors (Lipinski definition) is 1. The number of hydrogen-bond acceptors (Lipinski definition) is 7. The predicted octanol–water partition coefficient (Wildman–Crippen LogP) is 2.92. The molecule has 1 unspecified atom stereocenters. The van der Waals surface area contributed by atoms with Crippen LogP contribution in [-0.4, -0.2) is 98.0 Å². The van der Waals surface area contributed by atoms with Crippen LogP contribution in [0.25, 0.3) is 0 Å². The van der Waals surface area contributed by atoms with Gasteiger partial charge in [-0.3, -0.25) is 19.3 Å². The summed E-state index contributed by atoms with van der Waals surface area (Å²) in [5.41, 5.74) is 3.06. The lowest BCUT2D eigenvalue weighted by Crippen LogP contribution is -2.49. The number of allylic oxidation sites excluding steroid dienone is 4. The molecule has 1 aromatic rings. The highest BCUT2D eigenvalue weighted by Gasteiger charge is 2.35. The number of amides is 2. The van der Waals surface area contributed by atoms with Gasteiger partial charge in [-0.1, -0.05) is 18.7 Å². The Bertz CT molecular complexity index is 1250. The van der Waals surface area contributed by atoms with Crippen molar-refractivity contribution in [2.45, 2.75) is 45.2 Å². The van der Waals surface area contributed by atoms with Gasteiger partial charge in [-0.15, -0.1) is 0 Å². The molecular formula is C32H42FN5O4. The number of nitrogens with one attached hydrogen (secondary N) is 1. The molecule has 0 bridgehead atoms. The van der Waals surface area contributed by atoms with Crippen molar-refractivity contribution in [2.75, 3.05) is 57.8 Å². The second-order valence-corrected chi connectivity index (χ2v) is 11.3. The van der Waals surface area contributed by atoms with E-state index in [2.05, 4.69) is 21.7 Å². The highest BCUT2D eigenvalue weighted by atomic mass is 19.1. The van der Waals surface area contributed by atoms with Gasteiger partial charge >= 0.3 is 0 Å². The maximum Gasteiger partial charge on any atom is 0.255 e. The molecule has 0 spiro atoms. The van der Waals surface area contributed by atoms with Gasteiger partial charge in [-0.2, -0.15) is 0 Å². The molecule has 2 fully saturated rings. The first-order valence-corrected chi connectivity index (χ1v) is 14.8. The van der Waals surface area contributed by atoms with Crippen LogP contribution in [0.5, 0.6) is 0 Å². The first-order valence-electron chi connectivity index (χ1n) is 14.8. The maximum absolute atomic E-state index is 15.2. The topological polar surface area (TPSA) is 93.3 Å². The lowest BCUT2D eigenvalue weighted by Gasteiger charge is -2.40. The van der Waals surface area contributed by atoms with Gasteiger partial charge < -0.3 is 24.8 Å². The van der Waals surface area contributed by atoms with Crippen molar-refractivity contribution in [1.82, 2.24) is 20.0 Å². The maximum atomic E-state index is 15.2. The summed E-state index contributed by atoms with van der Waals surface area (Å²) < 4.78 is 15.2. The van der Waals surface area contributed by atoms with E-state index in [-0.39, 0.29) is 36.8 Å². The Balaban J connectivity index is 1.27. The zero-order chi connectivity index (χ0) is 30.2. The van der Waals surface area contributed by atoms with Crippen LogP contribution in [0.1, 0.15) is 48.5 Å². The predicted molar refractivity (Wildman–Crippen MR) is 160 cm³/mol. The number of piperazine rings is 1. The molecule has 4 rings (SSSR count). The Hall–Kier alpha value is -3.79. The molecule has 10 heteroatoms. The summed E-state index contributed by atoms with van der Waals surface area (Å²) in [5, 5.41) is 2.52. The lowest BCUT2D eigenvalue weighted by molar-refractivity contribution is -0.121. The largest absolute Gasteiger partial charge is 0.372 e. The highest BCUT2D eigenvalue weighted by Crippen LogP contribution is 2.32. The van der Waals surface area contributed by atoms with Crippen LogP contribution in [0.3, 0.4) is 0 Å². The van der Waals surface area contributed by atoms with Crippen molar-refractivity contribution < 1.29 is 23.6 Å². The minimum absolute atomic E-state index is 0.135. The van der Waals surface area contributed by atoms with E-state index in [0.717, 1.165) is 57.5 Å². The Morgan fingerprint density at radius 2 is 1.83 bits per heavy atom. The summed E-state index contributed by atoms with van der Waals surface area (Å²) >= 11 is 0. The second kappa shape index (κ2) is 14.4. The standard InChI is InChI=1S/C32H42FN5O4/c1-4-24(21-39)6-5-23(2)36-11-9-25(10-12-36)19-35-13-15-37(16-14-35)30-17-26-20-38(32(42)28(26)18-29(30)33)27(22-40)7-8-31(41)34-3/h4-6,17-18,21-22,25,27H,2,7-16,19-20H2,1,3H3,(H,34,41)/b6-5-,24-4+. The third-order valence-corrected chi connectivity index (χ3v) is 8.70. The Kier molecular flexibility index (Phi) is 10.7. The SMILES string of the molecule is C=C(/C=C\C(C=O)=C/C)N1CCC(CN2CCN(c3cc4c(cc3F)C(=O)N(C(C=O)CCC(=O)NC)C4)CC2)CC1. The third-order valence-electron chi connectivity index (χ3n) is 8.70. The molecule has 42 heavy (non-hydrogen) atoms. The van der Waals surface area contributed by atoms with Gasteiger partial charge in [0.05, 0.1) is 11.7 Å².